The second-order valence-electron chi connectivity index (χ2n) is 9.12. The van der Waals surface area contributed by atoms with Crippen molar-refractivity contribution in [1.82, 2.24) is 20.0 Å². The van der Waals surface area contributed by atoms with E-state index in [9.17, 15) is 4.79 Å². The van der Waals surface area contributed by atoms with Crippen molar-refractivity contribution in [1.29, 1.82) is 0 Å². The number of morpholine rings is 1. The number of carbonyl (C=O) groups excluding carboxylic acids is 1. The highest BCUT2D eigenvalue weighted by molar-refractivity contribution is 7.15. The first-order valence-electron chi connectivity index (χ1n) is 11.3. The zero-order valence-corrected chi connectivity index (χ0v) is 18.6. The number of likely N-dealkylation sites (tertiary alicyclic amines) is 1. The fourth-order valence-corrected chi connectivity index (χ4v) is 5.99. The summed E-state index contributed by atoms with van der Waals surface area (Å²) in [5.41, 5.74) is 0. The van der Waals surface area contributed by atoms with Gasteiger partial charge in [-0.05, 0) is 45.4 Å². The average molecular weight is 422 g/mol. The van der Waals surface area contributed by atoms with Crippen LogP contribution in [0.15, 0.2) is 0 Å². The van der Waals surface area contributed by atoms with E-state index in [2.05, 4.69) is 34.3 Å². The van der Waals surface area contributed by atoms with Crippen LogP contribution in [0.5, 0.6) is 0 Å². The molecule has 2 amide bonds. The molecule has 0 radical (unpaired) electrons. The van der Waals surface area contributed by atoms with E-state index in [1.807, 2.05) is 4.90 Å². The Morgan fingerprint density at radius 3 is 2.45 bits per heavy atom. The lowest BCUT2D eigenvalue weighted by molar-refractivity contribution is -0.0728. The lowest BCUT2D eigenvalue weighted by atomic mass is 9.90. The lowest BCUT2D eigenvalue weighted by Gasteiger charge is -2.39. The molecule has 162 valence electrons. The Balaban J connectivity index is 1.21. The smallest absolute Gasteiger partial charge is 0.323 e. The van der Waals surface area contributed by atoms with E-state index in [0.717, 1.165) is 50.6 Å². The molecule has 1 aliphatic carbocycles. The molecule has 0 aromatic carbocycles. The minimum atomic E-state index is -0.0246. The van der Waals surface area contributed by atoms with Crippen molar-refractivity contribution in [3.63, 3.8) is 0 Å². The summed E-state index contributed by atoms with van der Waals surface area (Å²) in [7, 11) is 0. The number of rotatable bonds is 4. The fourth-order valence-electron chi connectivity index (χ4n) is 5.09. The summed E-state index contributed by atoms with van der Waals surface area (Å²) in [6.07, 6.45) is 9.07. The number of aromatic nitrogens is 2. The summed E-state index contributed by atoms with van der Waals surface area (Å²) in [6, 6.07) is -0.0246. The van der Waals surface area contributed by atoms with Gasteiger partial charge in [0.1, 0.15) is 5.01 Å². The van der Waals surface area contributed by atoms with Crippen LogP contribution < -0.4 is 5.32 Å². The maximum atomic E-state index is 12.7. The van der Waals surface area contributed by atoms with Crippen molar-refractivity contribution in [2.24, 2.45) is 5.92 Å². The number of urea groups is 1. The first-order chi connectivity index (χ1) is 14.1. The first-order valence-corrected chi connectivity index (χ1v) is 12.2. The molecule has 1 N–H and O–H groups in total. The van der Waals surface area contributed by atoms with Crippen LogP contribution in [-0.4, -0.2) is 71.0 Å². The number of hydrogen-bond acceptors (Lipinski definition) is 6. The van der Waals surface area contributed by atoms with Gasteiger partial charge in [-0.25, -0.2) is 4.79 Å². The van der Waals surface area contributed by atoms with Crippen molar-refractivity contribution in [2.75, 3.05) is 38.0 Å². The zero-order chi connectivity index (χ0) is 20.2. The molecule has 1 saturated carbocycles. The third-order valence-corrected chi connectivity index (χ3v) is 7.52. The van der Waals surface area contributed by atoms with Crippen molar-refractivity contribution in [3.05, 3.63) is 5.01 Å². The van der Waals surface area contributed by atoms with E-state index in [4.69, 9.17) is 4.74 Å². The third kappa shape index (κ3) is 5.67. The largest absolute Gasteiger partial charge is 0.373 e. The van der Waals surface area contributed by atoms with Crippen LogP contribution in [0, 0.1) is 5.92 Å². The number of carbonyl (C=O) groups is 1. The predicted octanol–water partition coefficient (Wildman–Crippen LogP) is 3.94. The topological polar surface area (TPSA) is 70.6 Å². The van der Waals surface area contributed by atoms with Gasteiger partial charge >= 0.3 is 6.03 Å². The third-order valence-electron chi connectivity index (χ3n) is 6.52. The van der Waals surface area contributed by atoms with Gasteiger partial charge in [0.05, 0.1) is 12.2 Å². The van der Waals surface area contributed by atoms with Crippen LogP contribution in [0.25, 0.3) is 0 Å². The Labute approximate surface area is 178 Å². The molecule has 2 aliphatic heterocycles. The second kappa shape index (κ2) is 9.71. The van der Waals surface area contributed by atoms with Crippen molar-refractivity contribution in [2.45, 2.75) is 76.9 Å². The molecule has 7 nitrogen and oxygen atoms in total. The SMILES string of the molecule is CC1CN(CC2CCN(C(=O)Nc3nnc(C4CCCCC4)s3)CC2)CC(C)O1. The molecule has 2 unspecified atom stereocenters. The average Bonchev–Trinajstić information content (AvgIpc) is 3.17. The monoisotopic (exact) mass is 421 g/mol. The van der Waals surface area contributed by atoms with E-state index >= 15 is 0 Å². The van der Waals surface area contributed by atoms with Gasteiger partial charge in [0.2, 0.25) is 5.13 Å². The number of nitrogens with zero attached hydrogens (tertiary/aromatic N) is 4. The van der Waals surface area contributed by atoms with E-state index in [1.54, 1.807) is 11.3 Å². The van der Waals surface area contributed by atoms with Gasteiger partial charge in [-0.2, -0.15) is 0 Å². The molecule has 29 heavy (non-hydrogen) atoms. The molecule has 3 fully saturated rings. The standard InChI is InChI=1S/C21H35N5O2S/c1-15-12-25(13-16(2)28-15)14-17-8-10-26(11-9-17)21(27)22-20-24-23-19(29-20)18-6-4-3-5-7-18/h15-18H,3-14H2,1-2H3,(H,22,24,27). The van der Waals surface area contributed by atoms with Crippen LogP contribution in [-0.2, 0) is 4.74 Å². The van der Waals surface area contributed by atoms with E-state index < -0.39 is 0 Å². The molecule has 8 heteroatoms. The van der Waals surface area contributed by atoms with Gasteiger partial charge in [-0.1, -0.05) is 30.6 Å². The highest BCUT2D eigenvalue weighted by Gasteiger charge is 2.28. The molecule has 0 spiro atoms. The van der Waals surface area contributed by atoms with Crippen molar-refractivity contribution in [3.8, 4) is 0 Å². The molecule has 2 saturated heterocycles. The van der Waals surface area contributed by atoms with Gasteiger partial charge in [0, 0.05) is 38.6 Å². The van der Waals surface area contributed by atoms with Crippen LogP contribution in [0.4, 0.5) is 9.93 Å². The van der Waals surface area contributed by atoms with Crippen LogP contribution in [0.3, 0.4) is 0 Å². The summed E-state index contributed by atoms with van der Waals surface area (Å²) in [5.74, 6) is 1.20. The predicted molar refractivity (Wildman–Crippen MR) is 115 cm³/mol. The maximum absolute atomic E-state index is 12.7. The summed E-state index contributed by atoms with van der Waals surface area (Å²) in [4.78, 5) is 17.1. The van der Waals surface area contributed by atoms with E-state index in [1.165, 1.54) is 32.1 Å². The second-order valence-corrected chi connectivity index (χ2v) is 10.1. The lowest BCUT2D eigenvalue weighted by Crippen LogP contribution is -2.49. The molecular weight excluding hydrogens is 386 g/mol. The van der Waals surface area contributed by atoms with Crippen LogP contribution in [0.1, 0.15) is 69.7 Å². The Kier molecular flexibility index (Phi) is 7.03. The van der Waals surface area contributed by atoms with Gasteiger partial charge in [0.25, 0.3) is 0 Å². The zero-order valence-electron chi connectivity index (χ0n) is 17.8. The molecule has 1 aromatic rings. The number of ether oxygens (including phenoxy) is 1. The quantitative estimate of drug-likeness (QED) is 0.797. The number of amides is 2. The summed E-state index contributed by atoms with van der Waals surface area (Å²) in [6.45, 7) is 9.11. The molecule has 4 rings (SSSR count). The highest BCUT2D eigenvalue weighted by Crippen LogP contribution is 2.35. The molecule has 0 bridgehead atoms. The van der Waals surface area contributed by atoms with Crippen molar-refractivity contribution >= 4 is 22.5 Å². The summed E-state index contributed by atoms with van der Waals surface area (Å²) in [5, 5.41) is 13.3. The maximum Gasteiger partial charge on any atom is 0.323 e. The molecule has 1 aromatic heterocycles. The molecule has 3 aliphatic rings. The van der Waals surface area contributed by atoms with Gasteiger partial charge in [0.15, 0.2) is 0 Å². The van der Waals surface area contributed by atoms with Crippen LogP contribution >= 0.6 is 11.3 Å². The number of piperidine rings is 1. The fraction of sp³-hybridized carbons (Fsp3) is 0.857. The van der Waals surface area contributed by atoms with Crippen LogP contribution in [0.2, 0.25) is 0 Å². The molecule has 2 atom stereocenters. The molecule has 3 heterocycles. The first kappa shape index (κ1) is 21.0. The number of nitrogens with one attached hydrogen (secondary N) is 1. The Bertz CT molecular complexity index is 660. The van der Waals surface area contributed by atoms with Crippen molar-refractivity contribution < 1.29 is 9.53 Å². The Hall–Kier alpha value is -1.25. The minimum absolute atomic E-state index is 0.0246. The summed E-state index contributed by atoms with van der Waals surface area (Å²) < 4.78 is 5.84. The van der Waals surface area contributed by atoms with E-state index in [-0.39, 0.29) is 6.03 Å². The number of anilines is 1. The Morgan fingerprint density at radius 1 is 1.07 bits per heavy atom. The Morgan fingerprint density at radius 2 is 1.76 bits per heavy atom. The normalized spacial score (nSPS) is 27.9. The highest BCUT2D eigenvalue weighted by atomic mass is 32.1. The van der Waals surface area contributed by atoms with Gasteiger partial charge < -0.3 is 9.64 Å². The van der Waals surface area contributed by atoms with Gasteiger partial charge in [-0.3, -0.25) is 10.2 Å². The molecular formula is C21H35N5O2S. The van der Waals surface area contributed by atoms with Gasteiger partial charge in [-0.15, -0.1) is 10.2 Å². The number of hydrogen-bond donors (Lipinski definition) is 1. The minimum Gasteiger partial charge on any atom is -0.373 e. The summed E-state index contributed by atoms with van der Waals surface area (Å²) >= 11 is 1.56. The van der Waals surface area contributed by atoms with E-state index in [0.29, 0.717) is 29.2 Å².